The Morgan fingerprint density at radius 2 is 2.41 bits per heavy atom. The maximum atomic E-state index is 10.6. The molecule has 7 nitrogen and oxygen atoms in total. The van der Waals surface area contributed by atoms with E-state index < -0.39 is 5.97 Å². The molecular weight excluding hydrogens is 224 g/mol. The van der Waals surface area contributed by atoms with Crippen LogP contribution in [-0.4, -0.2) is 32.6 Å². The lowest BCUT2D eigenvalue weighted by Crippen LogP contribution is -2.06. The van der Waals surface area contributed by atoms with Gasteiger partial charge in [0.2, 0.25) is 5.76 Å². The first-order valence-electron chi connectivity index (χ1n) is 5.17. The second kappa shape index (κ2) is 5.15. The molecule has 0 aliphatic rings. The van der Waals surface area contributed by atoms with Crippen LogP contribution in [0.1, 0.15) is 17.0 Å². The summed E-state index contributed by atoms with van der Waals surface area (Å²) in [7, 11) is 0. The smallest absolute Gasteiger partial charge is 0.371 e. The molecule has 2 rings (SSSR count). The monoisotopic (exact) mass is 236 g/mol. The zero-order valence-electron chi connectivity index (χ0n) is 9.04. The van der Waals surface area contributed by atoms with E-state index in [1.165, 1.54) is 6.07 Å². The molecule has 17 heavy (non-hydrogen) atoms. The maximum absolute atomic E-state index is 10.6. The zero-order valence-corrected chi connectivity index (χ0v) is 9.04. The van der Waals surface area contributed by atoms with Gasteiger partial charge < -0.3 is 14.8 Å². The zero-order chi connectivity index (χ0) is 12.1. The second-order valence-corrected chi connectivity index (χ2v) is 3.42. The molecule has 0 aliphatic heterocycles. The van der Waals surface area contributed by atoms with Crippen molar-refractivity contribution < 1.29 is 14.3 Å². The van der Waals surface area contributed by atoms with Crippen LogP contribution in [0.2, 0.25) is 0 Å². The van der Waals surface area contributed by atoms with Crippen LogP contribution in [0.5, 0.6) is 0 Å². The highest BCUT2D eigenvalue weighted by molar-refractivity contribution is 5.84. The first kappa shape index (κ1) is 11.2. The van der Waals surface area contributed by atoms with Gasteiger partial charge in [-0.1, -0.05) is 5.21 Å². The summed E-state index contributed by atoms with van der Waals surface area (Å²) in [5.41, 5.74) is 0. The van der Waals surface area contributed by atoms with Gasteiger partial charge in [0.05, 0.1) is 6.20 Å². The van der Waals surface area contributed by atoms with Crippen molar-refractivity contribution >= 4 is 11.9 Å². The number of carboxylic acids is 1. The molecule has 0 saturated heterocycles. The molecular formula is C10H12N4O3. The molecule has 0 fully saturated rings. The van der Waals surface area contributed by atoms with E-state index in [2.05, 4.69) is 15.6 Å². The first-order valence-corrected chi connectivity index (χ1v) is 5.17. The van der Waals surface area contributed by atoms with Gasteiger partial charge in [-0.3, -0.25) is 4.68 Å². The predicted octanol–water partition coefficient (Wildman–Crippen LogP) is 1.07. The SMILES string of the molecule is O=C(O)c1ccc(NCCCn2ccnn2)o1. The number of hydrogen-bond acceptors (Lipinski definition) is 5. The lowest BCUT2D eigenvalue weighted by atomic mass is 10.4. The van der Waals surface area contributed by atoms with E-state index in [1.807, 2.05) is 0 Å². The number of aromatic carboxylic acids is 1. The number of nitrogens with one attached hydrogen (secondary N) is 1. The van der Waals surface area contributed by atoms with Crippen molar-refractivity contribution in [3.05, 3.63) is 30.3 Å². The summed E-state index contributed by atoms with van der Waals surface area (Å²) in [4.78, 5) is 10.6. The van der Waals surface area contributed by atoms with Crippen LogP contribution in [0, 0.1) is 0 Å². The van der Waals surface area contributed by atoms with Crippen molar-refractivity contribution in [3.63, 3.8) is 0 Å². The third-order valence-electron chi connectivity index (χ3n) is 2.15. The summed E-state index contributed by atoms with van der Waals surface area (Å²) >= 11 is 0. The van der Waals surface area contributed by atoms with Gasteiger partial charge in [-0.15, -0.1) is 5.10 Å². The van der Waals surface area contributed by atoms with E-state index >= 15 is 0 Å². The Kier molecular flexibility index (Phi) is 3.39. The summed E-state index contributed by atoms with van der Waals surface area (Å²) in [6, 6.07) is 3.01. The van der Waals surface area contributed by atoms with E-state index in [9.17, 15) is 4.79 Å². The highest BCUT2D eigenvalue weighted by Gasteiger charge is 2.07. The van der Waals surface area contributed by atoms with Gasteiger partial charge in [-0.25, -0.2) is 4.79 Å². The number of rotatable bonds is 6. The summed E-state index contributed by atoms with van der Waals surface area (Å²) < 4.78 is 6.77. The molecule has 2 aromatic rings. The maximum Gasteiger partial charge on any atom is 0.371 e. The topological polar surface area (TPSA) is 93.2 Å². The highest BCUT2D eigenvalue weighted by atomic mass is 16.4. The van der Waals surface area contributed by atoms with Gasteiger partial charge in [0, 0.05) is 25.4 Å². The van der Waals surface area contributed by atoms with Crippen LogP contribution in [0.3, 0.4) is 0 Å². The van der Waals surface area contributed by atoms with Crippen molar-refractivity contribution in [3.8, 4) is 0 Å². The molecule has 2 N–H and O–H groups in total. The fourth-order valence-electron chi connectivity index (χ4n) is 1.35. The molecule has 7 heteroatoms. The number of carboxylic acid groups (broad SMARTS) is 1. The molecule has 0 spiro atoms. The number of aromatic nitrogens is 3. The Labute approximate surface area is 97.0 Å². The third kappa shape index (κ3) is 3.07. The van der Waals surface area contributed by atoms with Crippen LogP contribution in [0.15, 0.2) is 28.9 Å². The number of nitrogens with zero attached hydrogens (tertiary/aromatic N) is 3. The number of furan rings is 1. The third-order valence-corrected chi connectivity index (χ3v) is 2.15. The molecule has 0 atom stereocenters. The number of aryl methyl sites for hydroxylation is 1. The number of hydrogen-bond donors (Lipinski definition) is 2. The summed E-state index contributed by atoms with van der Waals surface area (Å²) in [6.45, 7) is 1.42. The fourth-order valence-corrected chi connectivity index (χ4v) is 1.35. The summed E-state index contributed by atoms with van der Waals surface area (Å²) in [5, 5.41) is 19.2. The van der Waals surface area contributed by atoms with Gasteiger partial charge in [-0.05, 0) is 12.5 Å². The highest BCUT2D eigenvalue weighted by Crippen LogP contribution is 2.12. The lowest BCUT2D eigenvalue weighted by Gasteiger charge is -2.02. The molecule has 0 unspecified atom stereocenters. The van der Waals surface area contributed by atoms with Gasteiger partial charge in [0.15, 0.2) is 5.88 Å². The minimum Gasteiger partial charge on any atom is -0.475 e. The van der Waals surface area contributed by atoms with Crippen molar-refractivity contribution in [2.75, 3.05) is 11.9 Å². The van der Waals surface area contributed by atoms with E-state index in [1.54, 1.807) is 23.1 Å². The van der Waals surface area contributed by atoms with Crippen LogP contribution in [0.25, 0.3) is 0 Å². The molecule has 0 aromatic carbocycles. The predicted molar refractivity (Wildman–Crippen MR) is 58.8 cm³/mol. The van der Waals surface area contributed by atoms with E-state index in [0.717, 1.165) is 13.0 Å². The molecule has 90 valence electrons. The van der Waals surface area contributed by atoms with Crippen LogP contribution in [-0.2, 0) is 6.54 Å². The van der Waals surface area contributed by atoms with Gasteiger partial charge in [-0.2, -0.15) is 0 Å². The molecule has 0 aliphatic carbocycles. The second-order valence-electron chi connectivity index (χ2n) is 3.42. The van der Waals surface area contributed by atoms with Gasteiger partial charge >= 0.3 is 5.97 Å². The first-order chi connectivity index (χ1) is 8.25. The van der Waals surface area contributed by atoms with Crippen molar-refractivity contribution in [2.45, 2.75) is 13.0 Å². The Balaban J connectivity index is 1.72. The Morgan fingerprint density at radius 1 is 1.53 bits per heavy atom. The van der Waals surface area contributed by atoms with E-state index in [4.69, 9.17) is 9.52 Å². The molecule has 0 bridgehead atoms. The average molecular weight is 236 g/mol. The minimum atomic E-state index is -1.07. The summed E-state index contributed by atoms with van der Waals surface area (Å²) in [5.74, 6) is -0.676. The van der Waals surface area contributed by atoms with Crippen LogP contribution >= 0.6 is 0 Å². The Bertz CT molecular complexity index is 477. The Hall–Kier alpha value is -2.31. The van der Waals surface area contributed by atoms with Crippen LogP contribution < -0.4 is 5.32 Å². The molecule has 0 amide bonds. The van der Waals surface area contributed by atoms with Gasteiger partial charge in [0.1, 0.15) is 0 Å². The molecule has 2 aromatic heterocycles. The quantitative estimate of drug-likeness (QED) is 0.729. The van der Waals surface area contributed by atoms with Crippen molar-refractivity contribution in [1.29, 1.82) is 0 Å². The van der Waals surface area contributed by atoms with Gasteiger partial charge in [0.25, 0.3) is 0 Å². The largest absolute Gasteiger partial charge is 0.475 e. The summed E-state index contributed by atoms with van der Waals surface area (Å²) in [6.07, 6.45) is 4.25. The van der Waals surface area contributed by atoms with Crippen LogP contribution in [0.4, 0.5) is 5.88 Å². The standard InChI is InChI=1S/C10H12N4O3/c15-10(16)8-2-3-9(17-8)11-4-1-6-14-7-5-12-13-14/h2-3,5,7,11H,1,4,6H2,(H,15,16). The van der Waals surface area contributed by atoms with E-state index in [0.29, 0.717) is 12.4 Å². The fraction of sp³-hybridized carbons (Fsp3) is 0.300. The number of carbonyl (C=O) groups is 1. The average Bonchev–Trinajstić information content (AvgIpc) is 2.96. The van der Waals surface area contributed by atoms with Crippen molar-refractivity contribution in [1.82, 2.24) is 15.0 Å². The van der Waals surface area contributed by atoms with Crippen molar-refractivity contribution in [2.24, 2.45) is 0 Å². The normalized spacial score (nSPS) is 10.4. The lowest BCUT2D eigenvalue weighted by molar-refractivity contribution is 0.0663. The van der Waals surface area contributed by atoms with E-state index in [-0.39, 0.29) is 5.76 Å². The molecule has 2 heterocycles. The Morgan fingerprint density at radius 3 is 3.06 bits per heavy atom. The number of anilines is 1. The minimum absolute atomic E-state index is 0.0659. The molecule has 0 saturated carbocycles. The molecule has 0 radical (unpaired) electrons.